The van der Waals surface area contributed by atoms with E-state index in [1.165, 1.54) is 18.0 Å². The summed E-state index contributed by atoms with van der Waals surface area (Å²) in [5.74, 6) is 3.02. The van der Waals surface area contributed by atoms with Crippen LogP contribution in [0.5, 0.6) is 5.75 Å². The molecule has 2 aromatic rings. The lowest BCUT2D eigenvalue weighted by Gasteiger charge is -2.36. The number of rotatable bonds is 4. The van der Waals surface area contributed by atoms with Crippen LogP contribution in [0.4, 0.5) is 17.3 Å². The van der Waals surface area contributed by atoms with E-state index in [9.17, 15) is 13.2 Å². The number of amides is 1. The van der Waals surface area contributed by atoms with Gasteiger partial charge in [0, 0.05) is 32.2 Å². The van der Waals surface area contributed by atoms with Crippen LogP contribution < -0.4 is 15.0 Å². The van der Waals surface area contributed by atoms with Crippen molar-refractivity contribution in [3.05, 3.63) is 47.8 Å². The molecule has 1 aromatic heterocycles. The fourth-order valence-corrected chi connectivity index (χ4v) is 7.60. The Bertz CT molecular complexity index is 1370. The van der Waals surface area contributed by atoms with Crippen molar-refractivity contribution in [1.82, 2.24) is 19.8 Å². The smallest absolute Gasteiger partial charge is 0.246 e. The molecule has 4 aliphatic heterocycles. The molecule has 1 aromatic carbocycles. The maximum atomic E-state index is 12.0. The lowest BCUT2D eigenvalue weighted by Crippen LogP contribution is -2.43. The van der Waals surface area contributed by atoms with Crippen LogP contribution in [-0.2, 0) is 21.2 Å². The van der Waals surface area contributed by atoms with Crippen molar-refractivity contribution >= 4 is 33.1 Å². The molecule has 4 aliphatic rings. The standard InChI is InChI=1S/C28H36N6O4S/c1-3-25(35)34-9-6-22(16-34)32-7-4-20(5-8-32)21-14-19(2)26-24(15-21)31-27-23(17-38-26)28(30-18-29-27)33-10-12-39(36,37)13-11-33/h3,14-15,18,20,22H,1,4-13,16-17H2,2H3,(H,29,30,31)/t22-/m1/s1. The lowest BCUT2D eigenvalue weighted by molar-refractivity contribution is -0.125. The minimum absolute atomic E-state index is 0.0328. The second-order valence-corrected chi connectivity index (χ2v) is 13.3. The Morgan fingerprint density at radius 1 is 1.10 bits per heavy atom. The van der Waals surface area contributed by atoms with Gasteiger partial charge in [0.1, 0.15) is 30.3 Å². The molecular formula is C28H36N6O4S. The number of sulfone groups is 1. The molecule has 1 N–H and O–H groups in total. The van der Waals surface area contributed by atoms with Gasteiger partial charge in [-0.05, 0) is 68.5 Å². The fraction of sp³-hybridized carbons (Fsp3) is 0.536. The Morgan fingerprint density at radius 3 is 2.62 bits per heavy atom. The zero-order valence-electron chi connectivity index (χ0n) is 22.4. The van der Waals surface area contributed by atoms with E-state index in [0.717, 1.165) is 73.8 Å². The quantitative estimate of drug-likeness (QED) is 0.573. The van der Waals surface area contributed by atoms with E-state index in [0.29, 0.717) is 37.5 Å². The molecule has 10 nitrogen and oxygen atoms in total. The average molecular weight is 553 g/mol. The molecule has 0 radical (unpaired) electrons. The minimum atomic E-state index is -2.99. The second kappa shape index (κ2) is 10.4. The van der Waals surface area contributed by atoms with Gasteiger partial charge >= 0.3 is 0 Å². The van der Waals surface area contributed by atoms with Crippen molar-refractivity contribution in [2.24, 2.45) is 0 Å². The minimum Gasteiger partial charge on any atom is -0.486 e. The van der Waals surface area contributed by atoms with Gasteiger partial charge < -0.3 is 19.9 Å². The zero-order valence-corrected chi connectivity index (χ0v) is 23.3. The molecule has 1 amide bonds. The van der Waals surface area contributed by atoms with Crippen molar-refractivity contribution in [3.8, 4) is 5.75 Å². The van der Waals surface area contributed by atoms with Gasteiger partial charge in [0.15, 0.2) is 9.84 Å². The van der Waals surface area contributed by atoms with E-state index in [1.807, 2.05) is 9.80 Å². The number of carbonyl (C=O) groups excluding carboxylic acids is 1. The maximum absolute atomic E-state index is 12.0. The van der Waals surface area contributed by atoms with Crippen molar-refractivity contribution in [1.29, 1.82) is 0 Å². The summed E-state index contributed by atoms with van der Waals surface area (Å²) in [5.41, 5.74) is 4.14. The summed E-state index contributed by atoms with van der Waals surface area (Å²) >= 11 is 0. The van der Waals surface area contributed by atoms with E-state index in [4.69, 9.17) is 4.74 Å². The highest BCUT2D eigenvalue weighted by molar-refractivity contribution is 7.91. The number of benzene rings is 1. The van der Waals surface area contributed by atoms with E-state index in [2.05, 4.69) is 45.8 Å². The van der Waals surface area contributed by atoms with Gasteiger partial charge in [-0.1, -0.05) is 12.6 Å². The lowest BCUT2D eigenvalue weighted by atomic mass is 9.87. The number of nitrogens with one attached hydrogen (secondary N) is 1. The van der Waals surface area contributed by atoms with Crippen LogP contribution in [-0.4, -0.2) is 90.9 Å². The molecule has 39 heavy (non-hydrogen) atoms. The summed E-state index contributed by atoms with van der Waals surface area (Å²) in [5, 5.41) is 3.52. The van der Waals surface area contributed by atoms with Crippen LogP contribution in [0.1, 0.15) is 41.9 Å². The number of piperidine rings is 1. The average Bonchev–Trinajstić information content (AvgIpc) is 3.35. The molecule has 3 saturated heterocycles. The van der Waals surface area contributed by atoms with Gasteiger partial charge in [-0.15, -0.1) is 0 Å². The van der Waals surface area contributed by atoms with Crippen molar-refractivity contribution < 1.29 is 17.9 Å². The van der Waals surface area contributed by atoms with Gasteiger partial charge in [-0.25, -0.2) is 18.4 Å². The third kappa shape index (κ3) is 5.21. The number of aryl methyl sites for hydroxylation is 1. The van der Waals surface area contributed by atoms with Crippen LogP contribution in [0.3, 0.4) is 0 Å². The molecule has 1 atom stereocenters. The Morgan fingerprint density at radius 2 is 1.87 bits per heavy atom. The first-order chi connectivity index (χ1) is 18.8. The highest BCUT2D eigenvalue weighted by atomic mass is 32.2. The Balaban J connectivity index is 1.16. The summed E-state index contributed by atoms with van der Waals surface area (Å²) in [6.07, 6.45) is 6.13. The molecule has 11 heteroatoms. The first-order valence-electron chi connectivity index (χ1n) is 13.8. The van der Waals surface area contributed by atoms with Crippen LogP contribution >= 0.6 is 0 Å². The van der Waals surface area contributed by atoms with Gasteiger partial charge in [0.2, 0.25) is 5.91 Å². The number of hydrogen-bond acceptors (Lipinski definition) is 9. The fourth-order valence-electron chi connectivity index (χ4n) is 6.40. The highest BCUT2D eigenvalue weighted by Crippen LogP contribution is 2.41. The van der Waals surface area contributed by atoms with E-state index in [1.54, 1.807) is 0 Å². The molecule has 0 spiro atoms. The molecule has 6 rings (SSSR count). The largest absolute Gasteiger partial charge is 0.486 e. The summed E-state index contributed by atoms with van der Waals surface area (Å²) in [6, 6.07) is 4.88. The number of nitrogens with zero attached hydrogens (tertiary/aromatic N) is 5. The normalized spacial score (nSPS) is 23.3. The predicted octanol–water partition coefficient (Wildman–Crippen LogP) is 2.62. The third-order valence-corrected chi connectivity index (χ3v) is 10.3. The molecule has 0 saturated carbocycles. The molecule has 0 aliphatic carbocycles. The number of ether oxygens (including phenoxy) is 1. The number of hydrogen-bond donors (Lipinski definition) is 1. The van der Waals surface area contributed by atoms with Crippen molar-refractivity contribution in [3.63, 3.8) is 0 Å². The van der Waals surface area contributed by atoms with Gasteiger partial charge in [-0.3, -0.25) is 9.69 Å². The number of carbonyl (C=O) groups is 1. The predicted molar refractivity (Wildman–Crippen MR) is 150 cm³/mol. The van der Waals surface area contributed by atoms with E-state index in [-0.39, 0.29) is 17.4 Å². The molecule has 208 valence electrons. The van der Waals surface area contributed by atoms with E-state index < -0.39 is 9.84 Å². The monoisotopic (exact) mass is 552 g/mol. The number of aromatic nitrogens is 2. The summed E-state index contributed by atoms with van der Waals surface area (Å²) < 4.78 is 30.2. The first-order valence-corrected chi connectivity index (χ1v) is 15.6. The van der Waals surface area contributed by atoms with Gasteiger partial charge in [-0.2, -0.15) is 0 Å². The van der Waals surface area contributed by atoms with Gasteiger partial charge in [0.05, 0.1) is 22.8 Å². The molecule has 0 bridgehead atoms. The first kappa shape index (κ1) is 26.1. The number of likely N-dealkylation sites (tertiary alicyclic amines) is 2. The summed E-state index contributed by atoms with van der Waals surface area (Å²) in [4.78, 5) is 27.5. The third-order valence-electron chi connectivity index (χ3n) is 8.64. The van der Waals surface area contributed by atoms with Crippen LogP contribution in [0.2, 0.25) is 0 Å². The second-order valence-electron chi connectivity index (χ2n) is 11.0. The highest BCUT2D eigenvalue weighted by Gasteiger charge is 2.33. The number of fused-ring (bicyclic) bond motifs is 2. The van der Waals surface area contributed by atoms with Crippen LogP contribution in [0.15, 0.2) is 31.1 Å². The molecule has 3 fully saturated rings. The molecule has 0 unspecified atom stereocenters. The zero-order chi connectivity index (χ0) is 27.1. The Hall–Kier alpha value is -3.18. The topological polar surface area (TPSA) is 108 Å². The number of anilines is 3. The van der Waals surface area contributed by atoms with E-state index >= 15 is 0 Å². The van der Waals surface area contributed by atoms with Crippen molar-refractivity contribution in [2.75, 3.05) is 61.0 Å². The molecular weight excluding hydrogens is 516 g/mol. The maximum Gasteiger partial charge on any atom is 0.246 e. The summed E-state index contributed by atoms with van der Waals surface area (Å²) in [6.45, 7) is 10.5. The van der Waals surface area contributed by atoms with Crippen LogP contribution in [0.25, 0.3) is 0 Å². The van der Waals surface area contributed by atoms with Crippen molar-refractivity contribution in [2.45, 2.75) is 44.8 Å². The SMILES string of the molecule is C=CC(=O)N1CC[C@@H](N2CCC(c3cc(C)c4c(c3)Nc3ncnc(N5CCS(=O)(=O)CC5)c3CO4)CC2)C1. The Kier molecular flexibility index (Phi) is 6.96. The molecule has 5 heterocycles. The van der Waals surface area contributed by atoms with Gasteiger partial charge in [0.25, 0.3) is 0 Å². The van der Waals surface area contributed by atoms with Crippen LogP contribution in [0, 0.1) is 6.92 Å². The summed E-state index contributed by atoms with van der Waals surface area (Å²) in [7, 11) is -2.99. The Labute approximate surface area is 230 Å².